The van der Waals surface area contributed by atoms with Gasteiger partial charge in [0.25, 0.3) is 6.29 Å². The lowest BCUT2D eigenvalue weighted by atomic mass is 10.2. The Morgan fingerprint density at radius 2 is 1.69 bits per heavy atom. The van der Waals surface area contributed by atoms with Crippen molar-refractivity contribution >= 4 is 23.7 Å². The topological polar surface area (TPSA) is 127 Å². The van der Waals surface area contributed by atoms with E-state index in [2.05, 4.69) is 9.47 Å². The zero-order valence-electron chi connectivity index (χ0n) is 7.91. The van der Waals surface area contributed by atoms with Crippen LogP contribution < -0.4 is 0 Å². The van der Waals surface area contributed by atoms with Gasteiger partial charge in [0.15, 0.2) is 6.10 Å². The second-order valence-corrected chi connectivity index (χ2v) is 3.00. The molecule has 0 radical (unpaired) electrons. The standard InChI is InChI=1S/C8H8O8/c9-3-1-5(11)15-6(12)2-4(10)8(14)16-7(3)13/h3,8-9,14H,1-2H2. The van der Waals surface area contributed by atoms with E-state index >= 15 is 0 Å². The fourth-order valence-corrected chi connectivity index (χ4v) is 0.930. The van der Waals surface area contributed by atoms with Crippen molar-refractivity contribution in [2.75, 3.05) is 0 Å². The minimum atomic E-state index is -2.15. The molecule has 0 saturated carbocycles. The highest BCUT2D eigenvalue weighted by molar-refractivity contribution is 6.02. The van der Waals surface area contributed by atoms with E-state index in [-0.39, 0.29) is 0 Å². The van der Waals surface area contributed by atoms with Crippen LogP contribution in [-0.2, 0) is 28.7 Å². The van der Waals surface area contributed by atoms with Crippen LogP contribution in [0.3, 0.4) is 0 Å². The molecule has 1 heterocycles. The summed E-state index contributed by atoms with van der Waals surface area (Å²) in [5.74, 6) is -4.81. The van der Waals surface area contributed by atoms with E-state index in [1.54, 1.807) is 0 Å². The Balaban J connectivity index is 2.82. The number of aliphatic hydroxyl groups excluding tert-OH is 2. The summed E-state index contributed by atoms with van der Waals surface area (Å²) in [7, 11) is 0. The molecule has 1 fully saturated rings. The monoisotopic (exact) mass is 232 g/mol. The number of aliphatic hydroxyl groups is 2. The Labute approximate surface area is 88.7 Å². The molecule has 0 bridgehead atoms. The first-order valence-electron chi connectivity index (χ1n) is 4.23. The van der Waals surface area contributed by atoms with Crippen LogP contribution in [0.15, 0.2) is 0 Å². The number of hydrogen-bond donors (Lipinski definition) is 2. The van der Waals surface area contributed by atoms with Gasteiger partial charge in [0.05, 0.1) is 6.42 Å². The van der Waals surface area contributed by atoms with Gasteiger partial charge in [0, 0.05) is 0 Å². The third kappa shape index (κ3) is 3.11. The molecule has 0 spiro atoms. The zero-order chi connectivity index (χ0) is 12.3. The van der Waals surface area contributed by atoms with Crippen LogP contribution in [0, 0.1) is 0 Å². The first-order valence-corrected chi connectivity index (χ1v) is 4.23. The number of ether oxygens (including phenoxy) is 2. The summed E-state index contributed by atoms with van der Waals surface area (Å²) < 4.78 is 8.19. The maximum absolute atomic E-state index is 11.0. The van der Waals surface area contributed by atoms with E-state index < -0.39 is 48.9 Å². The summed E-state index contributed by atoms with van der Waals surface area (Å²) in [5.41, 5.74) is 0. The molecule has 8 heteroatoms. The van der Waals surface area contributed by atoms with Crippen molar-refractivity contribution in [3.63, 3.8) is 0 Å². The number of carbonyl (C=O) groups excluding carboxylic acids is 4. The number of rotatable bonds is 0. The summed E-state index contributed by atoms with van der Waals surface area (Å²) in [6.07, 6.45) is -5.72. The van der Waals surface area contributed by atoms with Gasteiger partial charge in [-0.3, -0.25) is 14.4 Å². The molecular formula is C8H8O8. The van der Waals surface area contributed by atoms with Gasteiger partial charge in [-0.05, 0) is 0 Å². The highest BCUT2D eigenvalue weighted by Gasteiger charge is 2.31. The number of esters is 3. The van der Waals surface area contributed by atoms with Gasteiger partial charge in [-0.25, -0.2) is 4.79 Å². The van der Waals surface area contributed by atoms with Crippen LogP contribution in [0.4, 0.5) is 0 Å². The van der Waals surface area contributed by atoms with Crippen molar-refractivity contribution in [3.8, 4) is 0 Å². The zero-order valence-corrected chi connectivity index (χ0v) is 7.91. The van der Waals surface area contributed by atoms with Crippen molar-refractivity contribution in [1.29, 1.82) is 0 Å². The number of hydrogen-bond acceptors (Lipinski definition) is 8. The van der Waals surface area contributed by atoms with Gasteiger partial charge < -0.3 is 19.7 Å². The maximum atomic E-state index is 11.0. The van der Waals surface area contributed by atoms with Gasteiger partial charge in [-0.2, -0.15) is 0 Å². The fraction of sp³-hybridized carbons (Fsp3) is 0.500. The largest absolute Gasteiger partial charge is 0.426 e. The summed E-state index contributed by atoms with van der Waals surface area (Å²) in [4.78, 5) is 43.6. The SMILES string of the molecule is O=C1CC(=O)C(O)OC(=O)C(O)CC(=O)O1. The summed E-state index contributed by atoms with van der Waals surface area (Å²) in [6.45, 7) is 0. The molecule has 2 N–H and O–H groups in total. The third-order valence-electron chi connectivity index (χ3n) is 1.68. The van der Waals surface area contributed by atoms with E-state index in [0.29, 0.717) is 0 Å². The molecular weight excluding hydrogens is 224 g/mol. The van der Waals surface area contributed by atoms with Crippen LogP contribution in [-0.4, -0.2) is 46.3 Å². The molecule has 1 aliphatic rings. The van der Waals surface area contributed by atoms with E-state index in [1.165, 1.54) is 0 Å². The summed E-state index contributed by atoms with van der Waals surface area (Å²) in [6, 6.07) is 0. The van der Waals surface area contributed by atoms with Crippen LogP contribution in [0.5, 0.6) is 0 Å². The molecule has 1 aliphatic heterocycles. The molecule has 0 aliphatic carbocycles. The Morgan fingerprint density at radius 3 is 2.31 bits per heavy atom. The molecule has 0 aromatic carbocycles. The fourth-order valence-electron chi connectivity index (χ4n) is 0.930. The molecule has 1 rings (SSSR count). The van der Waals surface area contributed by atoms with Crippen molar-refractivity contribution in [3.05, 3.63) is 0 Å². The van der Waals surface area contributed by atoms with Gasteiger partial charge in [0.1, 0.15) is 6.42 Å². The van der Waals surface area contributed by atoms with Crippen LogP contribution in [0.2, 0.25) is 0 Å². The molecule has 0 aromatic heterocycles. The molecule has 2 unspecified atom stereocenters. The molecule has 8 nitrogen and oxygen atoms in total. The van der Waals surface area contributed by atoms with Gasteiger partial charge in [-0.15, -0.1) is 0 Å². The van der Waals surface area contributed by atoms with Crippen LogP contribution >= 0.6 is 0 Å². The normalized spacial score (nSPS) is 28.4. The Bertz CT molecular complexity index is 346. The predicted molar refractivity (Wildman–Crippen MR) is 43.4 cm³/mol. The predicted octanol–water partition coefficient (Wildman–Crippen LogP) is -2.36. The lowest BCUT2D eigenvalue weighted by molar-refractivity contribution is -0.188. The lowest BCUT2D eigenvalue weighted by Gasteiger charge is -2.15. The first kappa shape index (κ1) is 12.3. The quantitative estimate of drug-likeness (QED) is 0.350. The number of carbonyl (C=O) groups is 4. The average Bonchev–Trinajstić information content (AvgIpc) is 2.15. The second kappa shape index (κ2) is 4.81. The maximum Gasteiger partial charge on any atom is 0.338 e. The van der Waals surface area contributed by atoms with Gasteiger partial charge in [0.2, 0.25) is 5.78 Å². The first-order chi connectivity index (χ1) is 7.40. The average molecular weight is 232 g/mol. The minimum Gasteiger partial charge on any atom is -0.426 e. The van der Waals surface area contributed by atoms with E-state index in [9.17, 15) is 19.2 Å². The van der Waals surface area contributed by atoms with Gasteiger partial charge in [-0.1, -0.05) is 0 Å². The Morgan fingerprint density at radius 1 is 1.06 bits per heavy atom. The number of cyclic esters (lactones) is 3. The van der Waals surface area contributed by atoms with Crippen molar-refractivity contribution in [2.24, 2.45) is 0 Å². The van der Waals surface area contributed by atoms with Crippen LogP contribution in [0.1, 0.15) is 12.8 Å². The molecule has 0 amide bonds. The molecule has 1 saturated heterocycles. The summed E-state index contributed by atoms with van der Waals surface area (Å²) in [5, 5.41) is 18.0. The molecule has 2 atom stereocenters. The van der Waals surface area contributed by atoms with Crippen molar-refractivity contribution in [1.82, 2.24) is 0 Å². The highest BCUT2D eigenvalue weighted by atomic mass is 16.6. The second-order valence-electron chi connectivity index (χ2n) is 3.00. The summed E-state index contributed by atoms with van der Waals surface area (Å²) >= 11 is 0. The van der Waals surface area contributed by atoms with Crippen molar-refractivity contribution < 1.29 is 38.9 Å². The Kier molecular flexibility index (Phi) is 3.69. The molecule has 88 valence electrons. The third-order valence-corrected chi connectivity index (χ3v) is 1.68. The minimum absolute atomic E-state index is 0.786. The molecule has 0 aromatic rings. The highest BCUT2D eigenvalue weighted by Crippen LogP contribution is 2.06. The van der Waals surface area contributed by atoms with E-state index in [4.69, 9.17) is 10.2 Å². The smallest absolute Gasteiger partial charge is 0.338 e. The number of Topliss-reactive ketones (excluding diaryl/α,β-unsaturated/α-hetero) is 1. The van der Waals surface area contributed by atoms with Crippen LogP contribution in [0.25, 0.3) is 0 Å². The van der Waals surface area contributed by atoms with E-state index in [0.717, 1.165) is 0 Å². The Hall–Kier alpha value is -1.80. The van der Waals surface area contributed by atoms with Crippen molar-refractivity contribution in [2.45, 2.75) is 25.2 Å². The molecule has 16 heavy (non-hydrogen) atoms. The lowest BCUT2D eigenvalue weighted by Crippen LogP contribution is -2.37. The number of ketones is 1. The van der Waals surface area contributed by atoms with Gasteiger partial charge >= 0.3 is 17.9 Å². The van der Waals surface area contributed by atoms with E-state index in [1.807, 2.05) is 0 Å².